The van der Waals surface area contributed by atoms with Crippen molar-refractivity contribution >= 4 is 17.7 Å². The summed E-state index contributed by atoms with van der Waals surface area (Å²) in [5.74, 6) is -0.750. The molecule has 3 rings (SSSR count). The average Bonchev–Trinajstić information content (AvgIpc) is 2.83. The first-order valence-electron chi connectivity index (χ1n) is 11.0. The number of aliphatic hydroxyl groups excluding tert-OH is 1. The highest BCUT2D eigenvalue weighted by atomic mass is 32.2. The number of aliphatic carboxylic acids is 1. The number of phenols is 1. The second-order valence-corrected chi connectivity index (χ2v) is 8.92. The SMILES string of the molecule is O=C(O)C(O)C(Sc1ccc(O)cc1)c1ncccc1OCCCCCCc1ccccc1. The first kappa shape index (κ1) is 24.6. The van der Waals surface area contributed by atoms with Crippen molar-refractivity contribution in [3.8, 4) is 11.5 Å². The van der Waals surface area contributed by atoms with Gasteiger partial charge < -0.3 is 20.1 Å². The molecule has 2 atom stereocenters. The number of carboxylic acids is 1. The van der Waals surface area contributed by atoms with Gasteiger partial charge in [0.2, 0.25) is 0 Å². The molecule has 0 fully saturated rings. The number of pyridine rings is 1. The maximum atomic E-state index is 11.6. The molecular formula is C26H29NO5S. The molecule has 1 aromatic heterocycles. The Balaban J connectivity index is 1.56. The first-order chi connectivity index (χ1) is 16.0. The van der Waals surface area contributed by atoms with Crippen LogP contribution in [0.4, 0.5) is 0 Å². The molecule has 0 aliphatic carbocycles. The van der Waals surface area contributed by atoms with Crippen LogP contribution >= 0.6 is 11.8 Å². The number of hydrogen-bond acceptors (Lipinski definition) is 6. The van der Waals surface area contributed by atoms with Crippen molar-refractivity contribution in [3.05, 3.63) is 84.2 Å². The van der Waals surface area contributed by atoms with E-state index < -0.39 is 17.3 Å². The highest BCUT2D eigenvalue weighted by molar-refractivity contribution is 7.99. The van der Waals surface area contributed by atoms with Crippen LogP contribution in [0.15, 0.2) is 77.8 Å². The number of carbonyl (C=O) groups is 1. The third-order valence-electron chi connectivity index (χ3n) is 5.17. The Morgan fingerprint density at radius 2 is 1.67 bits per heavy atom. The number of ether oxygens (including phenoxy) is 1. The summed E-state index contributed by atoms with van der Waals surface area (Å²) in [6.07, 6.45) is 5.10. The zero-order valence-electron chi connectivity index (χ0n) is 18.3. The average molecular weight is 468 g/mol. The van der Waals surface area contributed by atoms with Crippen LogP contribution in [0.25, 0.3) is 0 Å². The molecule has 0 saturated heterocycles. The maximum absolute atomic E-state index is 11.6. The van der Waals surface area contributed by atoms with E-state index in [1.165, 1.54) is 17.7 Å². The van der Waals surface area contributed by atoms with Crippen molar-refractivity contribution in [2.24, 2.45) is 0 Å². The minimum absolute atomic E-state index is 0.111. The number of aliphatic hydroxyl groups is 1. The van der Waals surface area contributed by atoms with Crippen molar-refractivity contribution in [2.75, 3.05) is 6.61 Å². The molecule has 1 heterocycles. The molecule has 2 unspecified atom stereocenters. The summed E-state index contributed by atoms with van der Waals surface area (Å²) < 4.78 is 5.95. The van der Waals surface area contributed by atoms with E-state index in [0.29, 0.717) is 22.9 Å². The molecule has 0 bridgehead atoms. The van der Waals surface area contributed by atoms with Gasteiger partial charge in [0.25, 0.3) is 0 Å². The van der Waals surface area contributed by atoms with Gasteiger partial charge in [-0.2, -0.15) is 0 Å². The van der Waals surface area contributed by atoms with E-state index in [0.717, 1.165) is 43.9 Å². The minimum Gasteiger partial charge on any atom is -0.508 e. The number of nitrogens with zero attached hydrogens (tertiary/aromatic N) is 1. The van der Waals surface area contributed by atoms with E-state index in [2.05, 4.69) is 29.2 Å². The van der Waals surface area contributed by atoms with Crippen molar-refractivity contribution in [1.82, 2.24) is 4.98 Å². The fourth-order valence-electron chi connectivity index (χ4n) is 3.42. The molecule has 0 spiro atoms. The molecule has 174 valence electrons. The highest BCUT2D eigenvalue weighted by Gasteiger charge is 2.32. The van der Waals surface area contributed by atoms with Gasteiger partial charge in [-0.05, 0) is 61.2 Å². The molecule has 3 N–H and O–H groups in total. The van der Waals surface area contributed by atoms with E-state index in [9.17, 15) is 20.1 Å². The monoisotopic (exact) mass is 467 g/mol. The second-order valence-electron chi connectivity index (χ2n) is 7.70. The van der Waals surface area contributed by atoms with Gasteiger partial charge in [0.1, 0.15) is 11.5 Å². The summed E-state index contributed by atoms with van der Waals surface area (Å²) in [4.78, 5) is 16.6. The summed E-state index contributed by atoms with van der Waals surface area (Å²) in [5.41, 5.74) is 1.73. The number of unbranched alkanes of at least 4 members (excludes halogenated alkanes) is 3. The lowest BCUT2D eigenvalue weighted by Crippen LogP contribution is -2.27. The summed E-state index contributed by atoms with van der Waals surface area (Å²) in [7, 11) is 0. The van der Waals surface area contributed by atoms with Crippen LogP contribution in [0, 0.1) is 0 Å². The largest absolute Gasteiger partial charge is 0.508 e. The zero-order valence-corrected chi connectivity index (χ0v) is 19.2. The molecule has 0 aliphatic rings. The second kappa shape index (κ2) is 12.9. The standard InChI is InChI=1S/C26H29NO5S/c28-20-13-15-21(16-14-20)33-25(24(29)26(30)31)23-22(12-8-17-27-23)32-18-7-2-1-4-9-19-10-5-3-6-11-19/h3,5-6,8,10-17,24-25,28-29H,1-2,4,7,9,18H2,(H,30,31). The molecule has 7 heteroatoms. The molecule has 3 aromatic rings. The molecular weight excluding hydrogens is 438 g/mol. The number of aryl methyl sites for hydroxylation is 1. The van der Waals surface area contributed by atoms with Crippen molar-refractivity contribution < 1.29 is 24.9 Å². The molecule has 6 nitrogen and oxygen atoms in total. The number of phenolic OH excluding ortho intramolecular Hbond substituents is 1. The fraction of sp³-hybridized carbons (Fsp3) is 0.308. The van der Waals surface area contributed by atoms with Gasteiger partial charge in [0, 0.05) is 11.1 Å². The number of hydrogen-bond donors (Lipinski definition) is 3. The number of benzene rings is 2. The van der Waals surface area contributed by atoms with Crippen LogP contribution in [0.5, 0.6) is 11.5 Å². The lowest BCUT2D eigenvalue weighted by molar-refractivity contribution is -0.146. The predicted molar refractivity (Wildman–Crippen MR) is 129 cm³/mol. The van der Waals surface area contributed by atoms with Crippen LogP contribution in [-0.4, -0.2) is 39.0 Å². The topological polar surface area (TPSA) is 99.9 Å². The van der Waals surface area contributed by atoms with Gasteiger partial charge in [-0.1, -0.05) is 43.2 Å². The van der Waals surface area contributed by atoms with Crippen molar-refractivity contribution in [3.63, 3.8) is 0 Å². The zero-order chi connectivity index (χ0) is 23.5. The van der Waals surface area contributed by atoms with Gasteiger partial charge in [-0.3, -0.25) is 4.98 Å². The third-order valence-corrected chi connectivity index (χ3v) is 6.45. The van der Waals surface area contributed by atoms with E-state index in [-0.39, 0.29) is 5.75 Å². The Kier molecular flexibility index (Phi) is 9.59. The summed E-state index contributed by atoms with van der Waals surface area (Å²) >= 11 is 1.16. The van der Waals surface area contributed by atoms with Gasteiger partial charge >= 0.3 is 5.97 Å². The Labute approximate surface area is 198 Å². The van der Waals surface area contributed by atoms with Crippen LogP contribution in [0.2, 0.25) is 0 Å². The van der Waals surface area contributed by atoms with Crippen LogP contribution in [0.1, 0.15) is 42.2 Å². The quantitative estimate of drug-likeness (QED) is 0.233. The Morgan fingerprint density at radius 3 is 2.39 bits per heavy atom. The van der Waals surface area contributed by atoms with E-state index in [1.54, 1.807) is 30.5 Å². The number of rotatable bonds is 13. The minimum atomic E-state index is -1.67. The van der Waals surface area contributed by atoms with Crippen LogP contribution < -0.4 is 4.74 Å². The van der Waals surface area contributed by atoms with Crippen LogP contribution in [-0.2, 0) is 11.2 Å². The van der Waals surface area contributed by atoms with Gasteiger partial charge in [-0.15, -0.1) is 11.8 Å². The number of aromatic nitrogens is 1. The molecule has 0 aliphatic heterocycles. The van der Waals surface area contributed by atoms with Crippen molar-refractivity contribution in [1.29, 1.82) is 0 Å². The summed E-state index contributed by atoms with van der Waals surface area (Å²) in [6, 6.07) is 20.3. The smallest absolute Gasteiger partial charge is 0.334 e. The van der Waals surface area contributed by atoms with Gasteiger partial charge in [0.05, 0.1) is 17.6 Å². The van der Waals surface area contributed by atoms with Crippen molar-refractivity contribution in [2.45, 2.75) is 48.4 Å². The fourth-order valence-corrected chi connectivity index (χ4v) is 4.54. The normalized spacial score (nSPS) is 12.8. The lowest BCUT2D eigenvalue weighted by Gasteiger charge is -2.21. The summed E-state index contributed by atoms with van der Waals surface area (Å²) in [5, 5.41) is 28.4. The van der Waals surface area contributed by atoms with Gasteiger partial charge in [-0.25, -0.2) is 4.79 Å². The number of carboxylic acid groups (broad SMARTS) is 1. The summed E-state index contributed by atoms with van der Waals surface area (Å²) in [6.45, 7) is 0.490. The molecule has 0 amide bonds. The lowest BCUT2D eigenvalue weighted by atomic mass is 10.1. The Hall–Kier alpha value is -3.03. The molecule has 0 saturated carbocycles. The number of aromatic hydroxyl groups is 1. The predicted octanol–water partition coefficient (Wildman–Crippen LogP) is 5.25. The van der Waals surface area contributed by atoms with E-state index >= 15 is 0 Å². The number of thioether (sulfide) groups is 1. The van der Waals surface area contributed by atoms with Gasteiger partial charge in [0.15, 0.2) is 6.10 Å². The highest BCUT2D eigenvalue weighted by Crippen LogP contribution is 2.41. The molecule has 33 heavy (non-hydrogen) atoms. The molecule has 2 aromatic carbocycles. The Morgan fingerprint density at radius 1 is 0.939 bits per heavy atom. The molecule has 0 radical (unpaired) electrons. The van der Waals surface area contributed by atoms with E-state index in [4.69, 9.17) is 4.74 Å². The Bertz CT molecular complexity index is 997. The van der Waals surface area contributed by atoms with E-state index in [1.807, 2.05) is 6.07 Å². The third kappa shape index (κ3) is 7.80. The maximum Gasteiger partial charge on any atom is 0.334 e. The first-order valence-corrected chi connectivity index (χ1v) is 11.9. The van der Waals surface area contributed by atoms with Crippen LogP contribution in [0.3, 0.4) is 0 Å².